The Bertz CT molecular complexity index is 5210. The summed E-state index contributed by atoms with van der Waals surface area (Å²) in [5.74, 6) is 5.71. The van der Waals surface area contributed by atoms with Crippen LogP contribution in [-0.4, -0.2) is 191 Å². The van der Waals surface area contributed by atoms with E-state index in [1.54, 1.807) is 81.3 Å². The van der Waals surface area contributed by atoms with Gasteiger partial charge in [-0.3, -0.25) is 14.0 Å². The number of ether oxygens (including phenoxy) is 3. The van der Waals surface area contributed by atoms with E-state index in [4.69, 9.17) is 49.0 Å². The minimum absolute atomic E-state index is 0.0494. The summed E-state index contributed by atoms with van der Waals surface area (Å²) < 4.78 is 101. The summed E-state index contributed by atoms with van der Waals surface area (Å²) in [4.78, 5) is 34.7. The lowest BCUT2D eigenvalue weighted by Gasteiger charge is -2.37. The molecular weight excluding hydrogens is 1760 g/mol. The van der Waals surface area contributed by atoms with Crippen LogP contribution in [-0.2, 0) is 50.7 Å². The number of aryl methyl sites for hydroxylation is 6. The number of anilines is 12. The van der Waals surface area contributed by atoms with E-state index in [1.807, 2.05) is 0 Å². The van der Waals surface area contributed by atoms with Gasteiger partial charge in [-0.1, -0.05) is 62.5 Å². The van der Waals surface area contributed by atoms with Crippen LogP contribution >= 0.6 is 34.8 Å². The Labute approximate surface area is 777 Å². The van der Waals surface area contributed by atoms with Gasteiger partial charge in [0.25, 0.3) is 0 Å². The summed E-state index contributed by atoms with van der Waals surface area (Å²) in [5.41, 5.74) is 11.0. The molecule has 9 aromatic rings. The largest absolute Gasteiger partial charge is 0.488 e. The fourth-order valence-electron chi connectivity index (χ4n) is 17.6. The molecule has 0 atom stereocenters. The number of hydrogen-bond donors (Lipinski definition) is 6. The van der Waals surface area contributed by atoms with Crippen molar-refractivity contribution in [1.82, 2.24) is 73.9 Å². The van der Waals surface area contributed by atoms with E-state index < -0.39 is 45.3 Å². The zero-order valence-electron chi connectivity index (χ0n) is 78.2. The topological polar surface area (TPSA) is 343 Å². The van der Waals surface area contributed by atoms with Gasteiger partial charge in [-0.2, -0.15) is 30.2 Å². The standard InChI is InChI=1S/3C31H44ClN7O3S/c1-18(2)39(7)22-10-8-21(9-11-22)24-15-28(42-23-12-13-23)26(14-20(24)5)35-31-33-16-25(32)29(36-31)34-27-17-38(6)37-30(27)43(40,41)19(3)4;2*1-7-39(8-2)22-11-9-21(10-12-22)24-16-28(42-23-13-14-23)26(15-20(24)5)35-31-33-17-25(32)29(36-31)34-27-18-38(6)37-30(27)43(40,41)19(3)4/h14-19,21-23H,8-13H2,1-7H3,(H2,33,34,35,36);2*15-19,21-23H,7-14H2,1-6H3,(H2,33,34,35,36). The van der Waals surface area contributed by atoms with Crippen LogP contribution in [0.25, 0.3) is 0 Å². The van der Waals surface area contributed by atoms with Gasteiger partial charge in [0, 0.05) is 63.9 Å². The Morgan fingerprint density at radius 2 is 0.636 bits per heavy atom. The number of nitrogens with zero attached hydrogens (tertiary/aromatic N) is 15. The van der Waals surface area contributed by atoms with Crippen LogP contribution in [0.1, 0.15) is 250 Å². The predicted octanol–water partition coefficient (Wildman–Crippen LogP) is 20.2. The number of halogens is 3. The van der Waals surface area contributed by atoms with Crippen molar-refractivity contribution in [2.75, 3.05) is 65.1 Å². The Kier molecular flexibility index (Phi) is 31.9. The summed E-state index contributed by atoms with van der Waals surface area (Å²) in [5, 5.41) is 30.5. The minimum Gasteiger partial charge on any atom is -0.488 e. The average molecular weight is 1890 g/mol. The molecule has 0 amide bonds. The second-order valence-corrected chi connectivity index (χ2v) is 45.0. The van der Waals surface area contributed by atoms with Gasteiger partial charge in [0.05, 0.1) is 86.8 Å². The van der Waals surface area contributed by atoms with Gasteiger partial charge in [0.1, 0.15) is 32.3 Å². The maximum absolute atomic E-state index is 12.9. The number of sulfone groups is 3. The lowest BCUT2D eigenvalue weighted by atomic mass is 9.79. The highest BCUT2D eigenvalue weighted by Gasteiger charge is 2.37. The number of nitrogens with one attached hydrogen (secondary N) is 6. The van der Waals surface area contributed by atoms with E-state index in [0.29, 0.717) is 76.8 Å². The molecule has 129 heavy (non-hydrogen) atoms. The van der Waals surface area contributed by atoms with Gasteiger partial charge in [0.15, 0.2) is 17.5 Å². The van der Waals surface area contributed by atoms with Crippen molar-refractivity contribution in [3.63, 3.8) is 0 Å². The fraction of sp³-hybridized carbons (Fsp3) is 0.581. The van der Waals surface area contributed by atoms with E-state index in [1.165, 1.54) is 130 Å². The first kappa shape index (κ1) is 97.8. The lowest BCUT2D eigenvalue weighted by molar-refractivity contribution is 0.148. The lowest BCUT2D eigenvalue weighted by Crippen LogP contribution is -2.39. The quantitative estimate of drug-likeness (QED) is 0.0215. The Morgan fingerprint density at radius 3 is 0.868 bits per heavy atom. The predicted molar refractivity (Wildman–Crippen MR) is 516 cm³/mol. The monoisotopic (exact) mass is 1890 g/mol. The van der Waals surface area contributed by atoms with Gasteiger partial charge in [-0.05, 0) is 312 Å². The van der Waals surface area contributed by atoms with Crippen LogP contribution in [0.2, 0.25) is 15.1 Å². The highest BCUT2D eigenvalue weighted by molar-refractivity contribution is 7.92. The first-order valence-electron chi connectivity index (χ1n) is 46.0. The zero-order chi connectivity index (χ0) is 92.8. The highest BCUT2D eigenvalue weighted by Crippen LogP contribution is 2.48. The first-order valence-corrected chi connectivity index (χ1v) is 51.8. The van der Waals surface area contributed by atoms with Crippen molar-refractivity contribution < 1.29 is 39.5 Å². The van der Waals surface area contributed by atoms with Crippen molar-refractivity contribution in [3.05, 3.63) is 122 Å². The molecule has 0 aliphatic heterocycles. The van der Waals surface area contributed by atoms with Crippen molar-refractivity contribution in [1.29, 1.82) is 0 Å². The molecule has 6 heterocycles. The van der Waals surface area contributed by atoms with E-state index in [-0.39, 0.29) is 65.9 Å². The van der Waals surface area contributed by atoms with Gasteiger partial charge in [-0.25, -0.2) is 40.2 Å². The molecule has 6 fully saturated rings. The van der Waals surface area contributed by atoms with Gasteiger partial charge < -0.3 is 60.8 Å². The van der Waals surface area contributed by atoms with E-state index in [9.17, 15) is 25.3 Å². The van der Waals surface area contributed by atoms with Gasteiger partial charge in [0.2, 0.25) is 62.4 Å². The van der Waals surface area contributed by atoms with Crippen LogP contribution in [0, 0.1) is 20.8 Å². The molecule has 30 nitrogen and oxygen atoms in total. The van der Waals surface area contributed by atoms with Crippen molar-refractivity contribution in [2.24, 2.45) is 21.1 Å². The second-order valence-electron chi connectivity index (χ2n) is 36.6. The molecule has 6 aliphatic rings. The highest BCUT2D eigenvalue weighted by atomic mass is 35.5. The van der Waals surface area contributed by atoms with E-state index in [0.717, 1.165) is 112 Å². The molecule has 702 valence electrons. The Hall–Kier alpha value is -8.67. The second kappa shape index (κ2) is 42.1. The van der Waals surface area contributed by atoms with Crippen molar-refractivity contribution >= 4 is 134 Å². The Balaban J connectivity index is 0.000000165. The SMILES string of the molecule is CCN(CC)C1CCC(c2cc(OC3CC3)c(Nc3ncc(Cl)c(Nc4cn(C)nc4S(=O)(=O)C(C)C)n3)cc2C)CC1.CCN(CC)C1CCC(c2cc(OC3CC3)c(Nc3ncc(Cl)c(Nc4cn(C)nc4S(=O)(=O)C(C)C)n3)cc2C)CC1.Cc1cc(Nc2ncc(Cl)c(Nc3cn(C)nc3S(=O)(=O)C(C)C)n2)c(OC2CC2)cc1C1CCC(N(C)C(C)C)CC1. The van der Waals surface area contributed by atoms with E-state index in [2.05, 4.69) is 198 Å². The third kappa shape index (κ3) is 24.1. The van der Waals surface area contributed by atoms with Crippen LogP contribution in [0.3, 0.4) is 0 Å². The minimum atomic E-state index is -3.63. The van der Waals surface area contributed by atoms with Gasteiger partial charge in [-0.15, -0.1) is 0 Å². The normalized spacial score (nSPS) is 19.2. The maximum Gasteiger partial charge on any atom is 0.229 e. The van der Waals surface area contributed by atoms with E-state index >= 15 is 0 Å². The summed E-state index contributed by atoms with van der Waals surface area (Å²) in [6.45, 7) is 34.2. The molecule has 6 N–H and O–H groups in total. The molecule has 0 spiro atoms. The third-order valence-electron chi connectivity index (χ3n) is 25.8. The fourth-order valence-corrected chi connectivity index (χ4v) is 21.3. The first-order chi connectivity index (χ1) is 61.3. The van der Waals surface area contributed by atoms with Crippen LogP contribution in [0.4, 0.5) is 69.4 Å². The molecular formula is C93H132Cl3N21O9S3. The van der Waals surface area contributed by atoms with Crippen LogP contribution in [0.15, 0.2) is 88.7 Å². The molecule has 3 aromatic carbocycles. The number of rotatable bonds is 35. The molecule has 0 unspecified atom stereocenters. The summed E-state index contributed by atoms with van der Waals surface area (Å²) >= 11 is 19.4. The molecule has 6 aliphatic carbocycles. The zero-order valence-corrected chi connectivity index (χ0v) is 82.9. The summed E-state index contributed by atoms with van der Waals surface area (Å²) in [6, 6.07) is 15.6. The molecule has 15 rings (SSSR count). The molecule has 6 aromatic heterocycles. The summed E-state index contributed by atoms with van der Waals surface area (Å²) in [7, 11) is -3.65. The van der Waals surface area contributed by atoms with Gasteiger partial charge >= 0.3 is 0 Å². The number of benzene rings is 3. The molecule has 0 saturated heterocycles. The smallest absolute Gasteiger partial charge is 0.229 e. The number of hydrogen-bond acceptors (Lipinski definition) is 27. The molecule has 0 bridgehead atoms. The Morgan fingerprint density at radius 1 is 0.380 bits per heavy atom. The third-order valence-corrected chi connectivity index (χ3v) is 32.9. The van der Waals surface area contributed by atoms with Crippen molar-refractivity contribution in [3.8, 4) is 17.2 Å². The maximum atomic E-state index is 12.9. The van der Waals surface area contributed by atoms with Crippen LogP contribution < -0.4 is 46.1 Å². The van der Waals surface area contributed by atoms with Crippen LogP contribution in [0.5, 0.6) is 17.2 Å². The molecule has 6 saturated carbocycles. The van der Waals surface area contributed by atoms with Crippen molar-refractivity contribution in [2.45, 2.75) is 310 Å². The molecule has 36 heteroatoms. The summed E-state index contributed by atoms with van der Waals surface area (Å²) in [6.07, 6.45) is 30.5. The number of aromatic nitrogens is 12. The molecule has 0 radical (unpaired) electrons. The average Bonchev–Trinajstić information content (AvgIpc) is 1.71.